The van der Waals surface area contributed by atoms with Crippen molar-refractivity contribution in [3.05, 3.63) is 53.6 Å². The summed E-state index contributed by atoms with van der Waals surface area (Å²) in [5.74, 6) is 1.76. The van der Waals surface area contributed by atoms with Crippen molar-refractivity contribution in [3.63, 3.8) is 0 Å². The number of piperidine rings is 1. The fourth-order valence-electron chi connectivity index (χ4n) is 4.77. The number of nitrogens with zero attached hydrogens (tertiary/aromatic N) is 6. The number of nitriles is 1. The zero-order valence-electron chi connectivity index (χ0n) is 21.8. The molecule has 1 aliphatic rings. The largest absolute Gasteiger partial charge is 0.492 e. The molecule has 3 heterocycles. The smallest absolute Gasteiger partial charge is 0.234 e. The van der Waals surface area contributed by atoms with Gasteiger partial charge in [0.15, 0.2) is 0 Å². The van der Waals surface area contributed by atoms with Gasteiger partial charge in [-0.2, -0.15) is 5.26 Å². The van der Waals surface area contributed by atoms with E-state index in [1.807, 2.05) is 0 Å². The lowest BCUT2D eigenvalue weighted by molar-refractivity contribution is 0.198. The van der Waals surface area contributed by atoms with Crippen molar-refractivity contribution < 1.29 is 4.74 Å². The van der Waals surface area contributed by atoms with Crippen LogP contribution in [0.3, 0.4) is 0 Å². The Labute approximate surface area is 209 Å². The molecule has 2 aromatic heterocycles. The van der Waals surface area contributed by atoms with Crippen LogP contribution in [0.4, 0.5) is 0 Å². The molecule has 1 fully saturated rings. The minimum atomic E-state index is 0.105. The Kier molecular flexibility index (Phi) is 7.73. The fraction of sp³-hybridized carbons (Fsp3) is 0.536. The Morgan fingerprint density at radius 3 is 2.49 bits per heavy atom. The second kappa shape index (κ2) is 10.8. The summed E-state index contributed by atoms with van der Waals surface area (Å²) in [6.45, 7) is 12.2. The monoisotopic (exact) mass is 474 g/mol. The van der Waals surface area contributed by atoms with Crippen LogP contribution >= 0.6 is 0 Å². The van der Waals surface area contributed by atoms with Crippen LogP contribution in [0, 0.1) is 16.7 Å². The van der Waals surface area contributed by atoms with Gasteiger partial charge in [-0.15, -0.1) is 0 Å². The van der Waals surface area contributed by atoms with Crippen LogP contribution in [0.1, 0.15) is 56.6 Å². The predicted octanol–water partition coefficient (Wildman–Crippen LogP) is 4.67. The van der Waals surface area contributed by atoms with Crippen molar-refractivity contribution in [1.82, 2.24) is 24.3 Å². The molecule has 0 radical (unpaired) electrons. The van der Waals surface area contributed by atoms with Crippen LogP contribution in [0.5, 0.6) is 5.75 Å². The highest BCUT2D eigenvalue weighted by atomic mass is 16.5. The average Bonchev–Trinajstić information content (AvgIpc) is 3.14. The molecule has 3 aromatic rings. The maximum atomic E-state index is 9.28. The first-order valence-corrected chi connectivity index (χ1v) is 12.6. The van der Waals surface area contributed by atoms with E-state index in [1.165, 1.54) is 11.3 Å². The number of aromatic nitrogens is 3. The summed E-state index contributed by atoms with van der Waals surface area (Å²) in [7, 11) is 4.11. The lowest BCUT2D eigenvalue weighted by atomic mass is 9.89. The van der Waals surface area contributed by atoms with Crippen LogP contribution in [0.25, 0.3) is 11.0 Å². The Bertz CT molecular complexity index is 1160. The summed E-state index contributed by atoms with van der Waals surface area (Å²) >= 11 is 0. The molecular weight excluding hydrogens is 436 g/mol. The maximum Gasteiger partial charge on any atom is 0.234 e. The molecule has 0 aliphatic carbocycles. The quantitative estimate of drug-likeness (QED) is 0.473. The molecule has 1 aliphatic heterocycles. The first-order valence-electron chi connectivity index (χ1n) is 12.6. The molecule has 4 rings (SSSR count). The third-order valence-corrected chi connectivity index (χ3v) is 6.58. The van der Waals surface area contributed by atoms with Crippen molar-refractivity contribution in [3.8, 4) is 11.8 Å². The number of likely N-dealkylation sites (N-methyl/N-ethyl adjacent to an activating group) is 1. The molecule has 1 saturated heterocycles. The van der Waals surface area contributed by atoms with Crippen LogP contribution in [-0.4, -0.2) is 64.7 Å². The van der Waals surface area contributed by atoms with Gasteiger partial charge >= 0.3 is 0 Å². The van der Waals surface area contributed by atoms with Gasteiger partial charge in [0.1, 0.15) is 24.1 Å². The number of rotatable bonds is 8. The third-order valence-electron chi connectivity index (χ3n) is 6.58. The molecule has 186 valence electrons. The summed E-state index contributed by atoms with van der Waals surface area (Å²) < 4.78 is 8.14. The van der Waals surface area contributed by atoms with Crippen molar-refractivity contribution in [2.75, 3.05) is 40.3 Å². The van der Waals surface area contributed by atoms with Gasteiger partial charge in [0.05, 0.1) is 0 Å². The zero-order chi connectivity index (χ0) is 25.0. The lowest BCUT2D eigenvalue weighted by Crippen LogP contribution is -2.33. The zero-order valence-corrected chi connectivity index (χ0v) is 21.8. The maximum absolute atomic E-state index is 9.28. The van der Waals surface area contributed by atoms with Gasteiger partial charge in [-0.25, -0.2) is 9.97 Å². The lowest BCUT2D eigenvalue weighted by Gasteiger charge is -2.33. The Morgan fingerprint density at radius 1 is 1.14 bits per heavy atom. The van der Waals surface area contributed by atoms with Crippen LogP contribution < -0.4 is 4.74 Å². The number of fused-ring (bicyclic) bond motifs is 1. The van der Waals surface area contributed by atoms with E-state index in [0.29, 0.717) is 12.5 Å². The molecule has 0 bridgehead atoms. The molecule has 7 nitrogen and oxygen atoms in total. The summed E-state index contributed by atoms with van der Waals surface area (Å²) in [6.07, 6.45) is 4.08. The van der Waals surface area contributed by atoms with Gasteiger partial charge in [-0.1, -0.05) is 32.9 Å². The number of benzene rings is 1. The second-order valence-electron chi connectivity index (χ2n) is 11.1. The first-order chi connectivity index (χ1) is 16.7. The molecule has 0 atom stereocenters. The van der Waals surface area contributed by atoms with Crippen LogP contribution in [0.2, 0.25) is 0 Å². The van der Waals surface area contributed by atoms with E-state index < -0.39 is 0 Å². The number of hydrogen-bond donors (Lipinski definition) is 0. The summed E-state index contributed by atoms with van der Waals surface area (Å²) in [5.41, 5.74) is 3.63. The Balaban J connectivity index is 1.40. The molecular formula is C28H38N6O. The summed E-state index contributed by atoms with van der Waals surface area (Å²) in [5, 5.41) is 10.3. The van der Waals surface area contributed by atoms with Crippen LogP contribution in [0.15, 0.2) is 36.5 Å². The Morgan fingerprint density at radius 2 is 1.86 bits per heavy atom. The van der Waals surface area contributed by atoms with Crippen molar-refractivity contribution in [2.24, 2.45) is 5.41 Å². The van der Waals surface area contributed by atoms with Gasteiger partial charge in [0, 0.05) is 36.9 Å². The van der Waals surface area contributed by atoms with E-state index in [2.05, 4.69) is 95.6 Å². The average molecular weight is 475 g/mol. The van der Waals surface area contributed by atoms with E-state index in [4.69, 9.17) is 4.74 Å². The van der Waals surface area contributed by atoms with Gasteiger partial charge < -0.3 is 14.2 Å². The molecule has 0 saturated carbocycles. The molecule has 1 aromatic carbocycles. The minimum Gasteiger partial charge on any atom is -0.492 e. The number of likely N-dealkylation sites (tertiary alicyclic amines) is 1. The van der Waals surface area contributed by atoms with Crippen molar-refractivity contribution in [2.45, 2.75) is 52.6 Å². The fourth-order valence-corrected chi connectivity index (χ4v) is 4.77. The highest BCUT2D eigenvalue weighted by Gasteiger charge is 2.24. The summed E-state index contributed by atoms with van der Waals surface area (Å²) in [6, 6.07) is 13.0. The van der Waals surface area contributed by atoms with E-state index in [1.54, 1.807) is 6.20 Å². The predicted molar refractivity (Wildman–Crippen MR) is 139 cm³/mol. The molecule has 0 unspecified atom stereocenters. The van der Waals surface area contributed by atoms with Gasteiger partial charge in [-0.3, -0.25) is 4.90 Å². The topological polar surface area (TPSA) is 70.2 Å². The highest BCUT2D eigenvalue weighted by Crippen LogP contribution is 2.31. The van der Waals surface area contributed by atoms with Crippen molar-refractivity contribution in [1.29, 1.82) is 5.26 Å². The van der Waals surface area contributed by atoms with E-state index in [9.17, 15) is 5.26 Å². The number of ether oxygens (including phenoxy) is 1. The molecule has 0 amide bonds. The van der Waals surface area contributed by atoms with E-state index in [0.717, 1.165) is 62.3 Å². The highest BCUT2D eigenvalue weighted by molar-refractivity contribution is 5.77. The first kappa shape index (κ1) is 25.2. The molecule has 0 spiro atoms. The third kappa shape index (κ3) is 6.59. The Hall–Kier alpha value is -2.95. The minimum absolute atomic E-state index is 0.105. The normalized spacial score (nSPS) is 15.6. The van der Waals surface area contributed by atoms with E-state index in [-0.39, 0.29) is 11.2 Å². The van der Waals surface area contributed by atoms with Gasteiger partial charge in [0.25, 0.3) is 0 Å². The van der Waals surface area contributed by atoms with Crippen molar-refractivity contribution >= 4 is 11.0 Å². The molecule has 7 heteroatoms. The summed E-state index contributed by atoms with van der Waals surface area (Å²) in [4.78, 5) is 13.4. The SMILES string of the molecule is CN(C)CCOc1ccc(C2CCN(Cc3cc4cnc(C#N)nc4n3CC(C)(C)C)CC2)cc1. The second-order valence-corrected chi connectivity index (χ2v) is 11.1. The van der Waals surface area contributed by atoms with Gasteiger partial charge in [-0.05, 0) is 75.1 Å². The van der Waals surface area contributed by atoms with E-state index >= 15 is 0 Å². The number of hydrogen-bond acceptors (Lipinski definition) is 6. The molecule has 35 heavy (non-hydrogen) atoms. The van der Waals surface area contributed by atoms with Gasteiger partial charge in [0.2, 0.25) is 5.82 Å². The van der Waals surface area contributed by atoms with Crippen LogP contribution in [-0.2, 0) is 13.1 Å². The standard InChI is InChI=1S/C28H38N6O/c1-28(2,3)20-34-24(16-23-18-30-26(17-29)31-27(23)34)19-33-12-10-22(11-13-33)21-6-8-25(9-7-21)35-15-14-32(4)5/h6-9,16,18,22H,10-15,19-20H2,1-5H3. The molecule has 0 N–H and O–H groups in total.